The van der Waals surface area contributed by atoms with Crippen molar-refractivity contribution in [2.24, 2.45) is 0 Å². The minimum Gasteiger partial charge on any atom is -0.361 e. The molecule has 6 aromatic rings. The summed E-state index contributed by atoms with van der Waals surface area (Å²) in [6, 6.07) is 21.4. The molecule has 17 heteroatoms. The zero-order valence-electron chi connectivity index (χ0n) is 31.0. The fraction of sp³-hybridized carbons (Fsp3) is 0.389. The zero-order chi connectivity index (χ0) is 38.3. The molecule has 0 unspecified atom stereocenters. The van der Waals surface area contributed by atoms with E-state index >= 15 is 0 Å². The molecule has 4 aromatic heterocycles. The number of aromatic amines is 2. The maximum absolute atomic E-state index is 12.4. The molecule has 0 fully saturated rings. The van der Waals surface area contributed by atoms with Crippen LogP contribution in [0.3, 0.4) is 0 Å². The van der Waals surface area contributed by atoms with Crippen LogP contribution in [0.2, 0.25) is 56.7 Å². The van der Waals surface area contributed by atoms with Crippen LogP contribution in [0.1, 0.15) is 11.1 Å². The molecular formula is C36H47ClN8O6Si2. The van der Waals surface area contributed by atoms with Gasteiger partial charge in [0.05, 0.1) is 12.9 Å². The SMILES string of the molecule is C[Si](C)(C)CCOCn1c(=O)[nH]c(=O)c2c1nc(Cl)n2Cc1ccccc1.C[Si](C)(C)CCOCn1c(=O)[nH]c(=O)c2c1ncn2Cc1ccccc1. The first-order valence-electron chi connectivity index (χ1n) is 17.4. The average molecular weight is 779 g/mol. The minimum atomic E-state index is -1.23. The molecule has 14 nitrogen and oxygen atoms in total. The lowest BCUT2D eigenvalue weighted by Crippen LogP contribution is -2.32. The molecule has 0 bridgehead atoms. The molecule has 0 saturated heterocycles. The molecule has 6 rings (SSSR count). The number of benzene rings is 2. The van der Waals surface area contributed by atoms with Crippen molar-refractivity contribution in [3.63, 3.8) is 0 Å². The molecule has 4 heterocycles. The molecule has 53 heavy (non-hydrogen) atoms. The van der Waals surface area contributed by atoms with Gasteiger partial charge in [0.1, 0.15) is 13.5 Å². The minimum absolute atomic E-state index is 0.0231. The van der Waals surface area contributed by atoms with Gasteiger partial charge in [-0.3, -0.25) is 28.7 Å². The normalized spacial score (nSPS) is 12.0. The number of halogens is 1. The number of H-pyrrole nitrogens is 2. The molecule has 0 radical (unpaired) electrons. The Morgan fingerprint density at radius 3 is 1.62 bits per heavy atom. The Morgan fingerprint density at radius 1 is 0.642 bits per heavy atom. The molecule has 2 aromatic carbocycles. The Kier molecular flexibility index (Phi) is 12.7. The van der Waals surface area contributed by atoms with Crippen LogP contribution in [-0.2, 0) is 36.0 Å². The third-order valence-electron chi connectivity index (χ3n) is 8.41. The Bertz CT molecular complexity index is 2390. The van der Waals surface area contributed by atoms with Crippen molar-refractivity contribution < 1.29 is 9.47 Å². The lowest BCUT2D eigenvalue weighted by atomic mass is 10.2. The third kappa shape index (κ3) is 10.5. The van der Waals surface area contributed by atoms with Gasteiger partial charge in [-0.05, 0) is 34.8 Å². The predicted molar refractivity (Wildman–Crippen MR) is 214 cm³/mol. The Labute approximate surface area is 313 Å². The molecule has 0 spiro atoms. The molecule has 0 aliphatic rings. The Balaban J connectivity index is 0.000000204. The van der Waals surface area contributed by atoms with Gasteiger partial charge in [-0.15, -0.1) is 0 Å². The molecular weight excluding hydrogens is 732 g/mol. The van der Waals surface area contributed by atoms with E-state index in [0.29, 0.717) is 37.5 Å². The first kappa shape index (κ1) is 39.6. The standard InChI is InChI=1S/C18H23ClN4O3Si.C18H24N4O3Si/c1-27(2,3)10-9-26-12-23-15-14(16(24)21-18(23)25)22(17(19)20-15)11-13-7-5-4-6-8-13;1-26(2,3)10-9-25-13-22-16-15(17(23)20-18(22)24)21(12-19-16)11-14-7-5-4-6-8-14/h4-8H,9-12H2,1-3H3,(H,21,24,25);4-8,12H,9-11,13H2,1-3H3,(H,20,23,24). The van der Waals surface area contributed by atoms with E-state index in [4.69, 9.17) is 21.1 Å². The molecule has 0 atom stereocenters. The summed E-state index contributed by atoms with van der Waals surface area (Å²) in [5.74, 6) is 0. The van der Waals surface area contributed by atoms with Crippen LogP contribution in [-0.4, -0.2) is 67.6 Å². The summed E-state index contributed by atoms with van der Waals surface area (Å²) in [7, 11) is -2.43. The summed E-state index contributed by atoms with van der Waals surface area (Å²) in [5, 5.41) is 0.154. The number of rotatable bonds is 14. The summed E-state index contributed by atoms with van der Waals surface area (Å²) in [5.41, 5.74) is 1.25. The molecule has 2 N–H and O–H groups in total. The van der Waals surface area contributed by atoms with Gasteiger partial charge in [0.2, 0.25) is 5.28 Å². The van der Waals surface area contributed by atoms with Crippen molar-refractivity contribution in [1.82, 2.24) is 38.2 Å². The number of hydrogen-bond donors (Lipinski definition) is 2. The van der Waals surface area contributed by atoms with Crippen molar-refractivity contribution in [3.8, 4) is 0 Å². The van der Waals surface area contributed by atoms with E-state index in [-0.39, 0.29) is 29.9 Å². The second kappa shape index (κ2) is 17.0. The van der Waals surface area contributed by atoms with Gasteiger partial charge in [-0.1, -0.05) is 99.9 Å². The molecule has 0 aliphatic heterocycles. The van der Waals surface area contributed by atoms with Gasteiger partial charge in [0, 0.05) is 35.9 Å². The van der Waals surface area contributed by atoms with Gasteiger partial charge in [0.15, 0.2) is 22.3 Å². The highest BCUT2D eigenvalue weighted by Crippen LogP contribution is 2.18. The maximum atomic E-state index is 12.4. The van der Waals surface area contributed by atoms with E-state index in [0.717, 1.165) is 23.2 Å². The number of aromatic nitrogens is 8. The van der Waals surface area contributed by atoms with Gasteiger partial charge < -0.3 is 18.6 Å². The number of imidazole rings is 2. The van der Waals surface area contributed by atoms with E-state index in [2.05, 4.69) is 59.2 Å². The van der Waals surface area contributed by atoms with Gasteiger partial charge in [-0.2, -0.15) is 4.98 Å². The topological polar surface area (TPSA) is 164 Å². The molecule has 0 saturated carbocycles. The molecule has 0 amide bonds. The molecule has 0 aliphatic carbocycles. The summed E-state index contributed by atoms with van der Waals surface area (Å²) in [4.78, 5) is 62.5. The predicted octanol–water partition coefficient (Wildman–Crippen LogP) is 5.15. The number of ether oxygens (including phenoxy) is 2. The van der Waals surface area contributed by atoms with Crippen LogP contribution in [0.15, 0.2) is 86.2 Å². The van der Waals surface area contributed by atoms with E-state index in [1.54, 1.807) is 15.5 Å². The summed E-state index contributed by atoms with van der Waals surface area (Å²) < 4.78 is 17.4. The van der Waals surface area contributed by atoms with Crippen LogP contribution in [0.4, 0.5) is 0 Å². The first-order valence-corrected chi connectivity index (χ1v) is 25.2. The van der Waals surface area contributed by atoms with Crippen LogP contribution >= 0.6 is 11.6 Å². The highest BCUT2D eigenvalue weighted by atomic mass is 35.5. The summed E-state index contributed by atoms with van der Waals surface area (Å²) >= 11 is 6.28. The van der Waals surface area contributed by atoms with Gasteiger partial charge in [-0.25, -0.2) is 14.6 Å². The van der Waals surface area contributed by atoms with Gasteiger partial charge >= 0.3 is 11.4 Å². The van der Waals surface area contributed by atoms with Crippen molar-refractivity contribution in [2.45, 2.75) is 77.9 Å². The second-order valence-electron chi connectivity index (χ2n) is 15.2. The fourth-order valence-corrected chi connectivity index (χ4v) is 7.12. The van der Waals surface area contributed by atoms with Crippen molar-refractivity contribution in [3.05, 3.63) is 125 Å². The largest absolute Gasteiger partial charge is 0.361 e. The summed E-state index contributed by atoms with van der Waals surface area (Å²) in [6.45, 7) is 15.7. The smallest absolute Gasteiger partial charge is 0.332 e. The highest BCUT2D eigenvalue weighted by Gasteiger charge is 2.19. The van der Waals surface area contributed by atoms with E-state index in [1.807, 2.05) is 60.7 Å². The zero-order valence-corrected chi connectivity index (χ0v) is 33.8. The van der Waals surface area contributed by atoms with E-state index in [1.165, 1.54) is 9.13 Å². The van der Waals surface area contributed by atoms with E-state index < -0.39 is 38.6 Å². The monoisotopic (exact) mass is 778 g/mol. The second-order valence-corrected chi connectivity index (χ2v) is 26.8. The quantitative estimate of drug-likeness (QED) is 0.0872. The van der Waals surface area contributed by atoms with Crippen LogP contribution in [0, 0.1) is 0 Å². The van der Waals surface area contributed by atoms with Crippen molar-refractivity contribution in [2.75, 3.05) is 13.2 Å². The molecule has 282 valence electrons. The van der Waals surface area contributed by atoms with Gasteiger partial charge in [0.25, 0.3) is 11.1 Å². The van der Waals surface area contributed by atoms with Crippen molar-refractivity contribution >= 4 is 50.1 Å². The van der Waals surface area contributed by atoms with Crippen LogP contribution in [0.25, 0.3) is 22.3 Å². The Hall–Kier alpha value is -4.62. The van der Waals surface area contributed by atoms with Crippen LogP contribution < -0.4 is 22.5 Å². The number of fused-ring (bicyclic) bond motifs is 2. The third-order valence-corrected chi connectivity index (χ3v) is 12.1. The summed E-state index contributed by atoms with van der Waals surface area (Å²) in [6.07, 6.45) is 1.59. The maximum Gasteiger partial charge on any atom is 0.332 e. The lowest BCUT2D eigenvalue weighted by molar-refractivity contribution is 0.0864. The first-order chi connectivity index (χ1) is 25.1. The average Bonchev–Trinajstić information content (AvgIpc) is 3.65. The van der Waals surface area contributed by atoms with Crippen LogP contribution in [0.5, 0.6) is 0 Å². The Morgan fingerprint density at radius 2 is 1.11 bits per heavy atom. The highest BCUT2D eigenvalue weighted by molar-refractivity contribution is 6.76. The number of nitrogens with zero attached hydrogens (tertiary/aromatic N) is 6. The number of nitrogens with one attached hydrogen (secondary N) is 2. The fourth-order valence-electron chi connectivity index (χ4n) is 5.39. The van der Waals surface area contributed by atoms with E-state index in [9.17, 15) is 19.2 Å². The number of hydrogen-bond acceptors (Lipinski definition) is 8. The van der Waals surface area contributed by atoms with Crippen molar-refractivity contribution in [1.29, 1.82) is 0 Å². The lowest BCUT2D eigenvalue weighted by Gasteiger charge is -2.15.